The van der Waals surface area contributed by atoms with Crippen LogP contribution in [0.1, 0.15) is 32.3 Å². The Labute approximate surface area is 113 Å². The molecule has 1 aliphatic heterocycles. The van der Waals surface area contributed by atoms with Crippen molar-refractivity contribution >= 4 is 11.8 Å². The molecule has 0 fully saturated rings. The molecular weight excluding hydrogens is 246 g/mol. The quantitative estimate of drug-likeness (QED) is 0.850. The number of nitrogens with zero attached hydrogens (tertiary/aromatic N) is 1. The number of thioether (sulfide) groups is 1. The van der Waals surface area contributed by atoms with E-state index in [0.29, 0.717) is 6.61 Å². The molecule has 1 heterocycles. The van der Waals surface area contributed by atoms with Crippen molar-refractivity contribution in [3.63, 3.8) is 0 Å². The van der Waals surface area contributed by atoms with Crippen molar-refractivity contribution in [1.29, 1.82) is 0 Å². The molecule has 0 saturated carbocycles. The van der Waals surface area contributed by atoms with Gasteiger partial charge in [0.2, 0.25) is 0 Å². The Kier molecular flexibility index (Phi) is 4.20. The van der Waals surface area contributed by atoms with Gasteiger partial charge in [0.15, 0.2) is 0 Å². The third kappa shape index (κ3) is 2.51. The lowest BCUT2D eigenvalue weighted by atomic mass is 9.87. The Bertz CT molecular complexity index is 422. The third-order valence-electron chi connectivity index (χ3n) is 3.62. The van der Waals surface area contributed by atoms with Crippen molar-refractivity contribution in [3.05, 3.63) is 23.8 Å². The first-order chi connectivity index (χ1) is 8.58. The highest BCUT2D eigenvalue weighted by atomic mass is 32.2. The van der Waals surface area contributed by atoms with Crippen molar-refractivity contribution in [1.82, 2.24) is 5.06 Å². The average Bonchev–Trinajstić information content (AvgIpc) is 2.51. The van der Waals surface area contributed by atoms with Gasteiger partial charge in [0.25, 0.3) is 0 Å². The first-order valence-corrected chi connectivity index (χ1v) is 7.39. The number of rotatable bonds is 3. The van der Waals surface area contributed by atoms with Gasteiger partial charge in [0.1, 0.15) is 5.75 Å². The molecule has 1 aliphatic rings. The zero-order chi connectivity index (χ0) is 13.2. The minimum atomic E-state index is -0.327. The molecular formula is C14H21NO2S. The third-order valence-corrected chi connectivity index (χ3v) is 4.78. The second kappa shape index (κ2) is 5.51. The van der Waals surface area contributed by atoms with E-state index in [4.69, 9.17) is 4.74 Å². The van der Waals surface area contributed by atoms with Crippen LogP contribution in [0.2, 0.25) is 0 Å². The number of hydrogen-bond donors (Lipinski definition) is 1. The number of benzene rings is 1. The predicted octanol–water partition coefficient (Wildman–Crippen LogP) is 3.51. The standard InChI is InChI=1S/C14H21NO2S/c1-4-17-11-6-7-13-12(10-11)14(2,15(3)16)8-5-9-18-13/h6-7,10,16H,4-5,8-9H2,1-3H3. The fraction of sp³-hybridized carbons (Fsp3) is 0.571. The van der Waals surface area contributed by atoms with Crippen molar-refractivity contribution in [3.8, 4) is 5.75 Å². The van der Waals surface area contributed by atoms with Crippen LogP contribution in [-0.4, -0.2) is 29.7 Å². The Morgan fingerprint density at radius 1 is 1.50 bits per heavy atom. The van der Waals surface area contributed by atoms with Gasteiger partial charge in [0, 0.05) is 11.9 Å². The zero-order valence-electron chi connectivity index (χ0n) is 11.3. The van der Waals surface area contributed by atoms with Gasteiger partial charge >= 0.3 is 0 Å². The van der Waals surface area contributed by atoms with Gasteiger partial charge in [-0.05, 0) is 56.2 Å². The van der Waals surface area contributed by atoms with E-state index in [2.05, 4.69) is 19.1 Å². The van der Waals surface area contributed by atoms with Crippen LogP contribution in [0.25, 0.3) is 0 Å². The highest BCUT2D eigenvalue weighted by molar-refractivity contribution is 7.99. The Morgan fingerprint density at radius 2 is 2.28 bits per heavy atom. The predicted molar refractivity (Wildman–Crippen MR) is 74.5 cm³/mol. The average molecular weight is 267 g/mol. The molecule has 1 aromatic carbocycles. The van der Waals surface area contributed by atoms with Crippen LogP contribution in [0.3, 0.4) is 0 Å². The first-order valence-electron chi connectivity index (χ1n) is 6.41. The number of ether oxygens (including phenoxy) is 1. The van der Waals surface area contributed by atoms with Crippen LogP contribution in [0.4, 0.5) is 0 Å². The van der Waals surface area contributed by atoms with Crippen molar-refractivity contribution in [2.75, 3.05) is 19.4 Å². The maximum atomic E-state index is 10.0. The number of fused-ring (bicyclic) bond motifs is 1. The lowest BCUT2D eigenvalue weighted by Gasteiger charge is -2.35. The van der Waals surface area contributed by atoms with Gasteiger partial charge < -0.3 is 9.94 Å². The number of hydrogen-bond acceptors (Lipinski definition) is 4. The Hall–Kier alpha value is -0.710. The molecule has 1 unspecified atom stereocenters. The maximum absolute atomic E-state index is 10.0. The minimum Gasteiger partial charge on any atom is -0.494 e. The van der Waals surface area contributed by atoms with Crippen LogP contribution in [-0.2, 0) is 5.54 Å². The Balaban J connectivity index is 2.47. The summed E-state index contributed by atoms with van der Waals surface area (Å²) < 4.78 is 5.58. The smallest absolute Gasteiger partial charge is 0.119 e. The van der Waals surface area contributed by atoms with Crippen LogP contribution in [0, 0.1) is 0 Å². The summed E-state index contributed by atoms with van der Waals surface area (Å²) in [6, 6.07) is 6.19. The first kappa shape index (κ1) is 13.7. The monoisotopic (exact) mass is 267 g/mol. The van der Waals surface area contributed by atoms with E-state index < -0.39 is 0 Å². The highest BCUT2D eigenvalue weighted by Gasteiger charge is 2.34. The molecule has 0 spiro atoms. The van der Waals surface area contributed by atoms with E-state index in [1.54, 1.807) is 7.05 Å². The summed E-state index contributed by atoms with van der Waals surface area (Å²) in [5.41, 5.74) is 0.840. The van der Waals surface area contributed by atoms with Gasteiger partial charge in [0.05, 0.1) is 12.1 Å². The lowest BCUT2D eigenvalue weighted by Crippen LogP contribution is -2.39. The van der Waals surface area contributed by atoms with E-state index in [1.807, 2.05) is 24.8 Å². The van der Waals surface area contributed by atoms with Crippen molar-refractivity contribution < 1.29 is 9.94 Å². The summed E-state index contributed by atoms with van der Waals surface area (Å²) >= 11 is 1.86. The van der Waals surface area contributed by atoms with Gasteiger partial charge in [-0.1, -0.05) is 0 Å². The molecule has 1 atom stereocenters. The molecule has 4 heteroatoms. The van der Waals surface area contributed by atoms with Crippen LogP contribution >= 0.6 is 11.8 Å². The van der Waals surface area contributed by atoms with E-state index in [0.717, 1.165) is 24.3 Å². The van der Waals surface area contributed by atoms with Gasteiger partial charge in [-0.3, -0.25) is 0 Å². The molecule has 0 aliphatic carbocycles. The fourth-order valence-corrected chi connectivity index (χ4v) is 3.49. The molecule has 3 nitrogen and oxygen atoms in total. The molecule has 0 radical (unpaired) electrons. The van der Waals surface area contributed by atoms with Gasteiger partial charge in [-0.25, -0.2) is 0 Å². The van der Waals surface area contributed by atoms with Crippen LogP contribution in [0.15, 0.2) is 23.1 Å². The van der Waals surface area contributed by atoms with E-state index >= 15 is 0 Å². The van der Waals surface area contributed by atoms with E-state index in [9.17, 15) is 5.21 Å². The summed E-state index contributed by atoms with van der Waals surface area (Å²) in [6.07, 6.45) is 2.06. The second-order valence-corrected chi connectivity index (χ2v) is 5.98. The van der Waals surface area contributed by atoms with Crippen molar-refractivity contribution in [2.24, 2.45) is 0 Å². The molecule has 0 amide bonds. The molecule has 1 N–H and O–H groups in total. The summed E-state index contributed by atoms with van der Waals surface area (Å²) in [5, 5.41) is 11.4. The molecule has 18 heavy (non-hydrogen) atoms. The van der Waals surface area contributed by atoms with Gasteiger partial charge in [-0.15, -0.1) is 11.8 Å². The molecule has 100 valence electrons. The largest absolute Gasteiger partial charge is 0.494 e. The number of hydroxylamine groups is 2. The summed E-state index contributed by atoms with van der Waals surface area (Å²) in [7, 11) is 1.73. The maximum Gasteiger partial charge on any atom is 0.119 e. The lowest BCUT2D eigenvalue weighted by molar-refractivity contribution is -0.154. The van der Waals surface area contributed by atoms with Crippen LogP contribution < -0.4 is 4.74 Å². The molecule has 2 rings (SSSR count). The normalized spacial score (nSPS) is 23.6. The summed E-state index contributed by atoms with van der Waals surface area (Å²) in [5.74, 6) is 1.98. The Morgan fingerprint density at radius 3 is 2.94 bits per heavy atom. The SMILES string of the molecule is CCOc1ccc2c(c1)C(C)(N(C)O)CCCS2. The van der Waals surface area contributed by atoms with Crippen molar-refractivity contribution in [2.45, 2.75) is 37.1 Å². The van der Waals surface area contributed by atoms with Gasteiger partial charge in [-0.2, -0.15) is 5.06 Å². The highest BCUT2D eigenvalue weighted by Crippen LogP contribution is 2.42. The van der Waals surface area contributed by atoms with E-state index in [-0.39, 0.29) is 5.54 Å². The molecule has 1 aromatic rings. The fourth-order valence-electron chi connectivity index (χ4n) is 2.38. The summed E-state index contributed by atoms with van der Waals surface area (Å²) in [6.45, 7) is 4.74. The van der Waals surface area contributed by atoms with Crippen LogP contribution in [0.5, 0.6) is 5.75 Å². The van der Waals surface area contributed by atoms with E-state index in [1.165, 1.54) is 15.5 Å². The molecule has 0 aromatic heterocycles. The summed E-state index contributed by atoms with van der Waals surface area (Å²) in [4.78, 5) is 1.25. The topological polar surface area (TPSA) is 32.7 Å². The molecule has 0 bridgehead atoms. The zero-order valence-corrected chi connectivity index (χ0v) is 12.1. The second-order valence-electron chi connectivity index (χ2n) is 4.84. The molecule has 0 saturated heterocycles. The minimum absolute atomic E-state index is 0.327.